The van der Waals surface area contributed by atoms with Crippen LogP contribution in [0.1, 0.15) is 145 Å². The molecule has 2 unspecified atom stereocenters. The third-order valence-corrected chi connectivity index (χ3v) is 16.4. The van der Waals surface area contributed by atoms with Crippen LogP contribution < -0.4 is 5.32 Å². The van der Waals surface area contributed by atoms with Gasteiger partial charge >= 0.3 is 11.9 Å². The van der Waals surface area contributed by atoms with E-state index in [0.717, 1.165) is 38.6 Å². The van der Waals surface area contributed by atoms with Gasteiger partial charge in [0.1, 0.15) is 6.10 Å². The fourth-order valence-corrected chi connectivity index (χ4v) is 13.6. The van der Waals surface area contributed by atoms with E-state index in [0.29, 0.717) is 36.6 Å². The number of amides is 2. The van der Waals surface area contributed by atoms with Crippen molar-refractivity contribution < 1.29 is 29.0 Å². The Balaban J connectivity index is 1.16. The average Bonchev–Trinajstić information content (AvgIpc) is 3.62. The maximum absolute atomic E-state index is 13.6. The molecular formula is C40H64N2O6. The zero-order valence-corrected chi connectivity index (χ0v) is 31.2. The van der Waals surface area contributed by atoms with Crippen molar-refractivity contribution in [1.82, 2.24) is 10.2 Å². The minimum absolute atomic E-state index is 0.0798. The number of carboxylic acid groups (broad SMARTS) is 1. The number of hydrogen-bond acceptors (Lipinski definition) is 5. The second kappa shape index (κ2) is 12.0. The quantitative estimate of drug-likeness (QED) is 0.274. The molecule has 6 fully saturated rings. The van der Waals surface area contributed by atoms with Crippen LogP contribution >= 0.6 is 0 Å². The summed E-state index contributed by atoms with van der Waals surface area (Å²) in [5, 5.41) is 12.9. The first-order valence-corrected chi connectivity index (χ1v) is 19.3. The summed E-state index contributed by atoms with van der Waals surface area (Å²) < 4.78 is 6.15. The number of rotatable bonds is 7. The number of nitrogens with zero attached hydrogens (tertiary/aromatic N) is 1. The smallest absolute Gasteiger partial charge is 0.309 e. The lowest BCUT2D eigenvalue weighted by Gasteiger charge is -2.72. The number of likely N-dealkylation sites (tertiary alicyclic amines) is 1. The largest absolute Gasteiger partial charge is 0.481 e. The number of ether oxygens (including phenoxy) is 1. The molecule has 1 saturated heterocycles. The first kappa shape index (κ1) is 35.7. The number of hydrogen-bond donors (Lipinski definition) is 2. The van der Waals surface area contributed by atoms with Gasteiger partial charge in [-0.1, -0.05) is 41.0 Å². The summed E-state index contributed by atoms with van der Waals surface area (Å²) in [6.07, 6.45) is 13.8. The number of nitrogens with one attached hydrogen (secondary N) is 1. The maximum Gasteiger partial charge on any atom is 0.309 e. The lowest BCUT2D eigenvalue weighted by atomic mass is 9.32. The molecule has 0 bridgehead atoms. The topological polar surface area (TPSA) is 113 Å². The molecule has 0 radical (unpaired) electrons. The molecular weight excluding hydrogens is 604 g/mol. The van der Waals surface area contributed by atoms with Crippen molar-refractivity contribution in [2.24, 2.45) is 56.2 Å². The second-order valence-corrected chi connectivity index (χ2v) is 19.4. The Hall–Kier alpha value is -2.12. The van der Waals surface area contributed by atoms with E-state index in [1.54, 1.807) is 20.8 Å². The molecule has 0 aromatic rings. The van der Waals surface area contributed by atoms with Gasteiger partial charge in [-0.05, 0) is 130 Å². The molecule has 0 aromatic carbocycles. The van der Waals surface area contributed by atoms with Crippen molar-refractivity contribution in [1.29, 1.82) is 0 Å². The first-order valence-electron chi connectivity index (χ1n) is 19.3. The number of carboxylic acids is 1. The number of fused-ring (bicyclic) bond motifs is 7. The number of carbonyl (C=O) groups excluding carboxylic acids is 3. The number of esters is 1. The number of aliphatic carboxylic acids is 1. The van der Waals surface area contributed by atoms with Gasteiger partial charge in [-0.2, -0.15) is 0 Å². The molecule has 5 saturated carbocycles. The summed E-state index contributed by atoms with van der Waals surface area (Å²) in [6.45, 7) is 18.6. The van der Waals surface area contributed by atoms with Gasteiger partial charge in [0.25, 0.3) is 0 Å². The van der Waals surface area contributed by atoms with E-state index >= 15 is 0 Å². The van der Waals surface area contributed by atoms with Gasteiger partial charge < -0.3 is 20.1 Å². The standard InChI is InChI=1S/C40H64N2O6/c1-25(43)42-21-15-26(24-42)41-32(44)22-40-16-9-10-28(40)27-11-12-30-37(6)17-14-31(48-33(45)23-35(2,3)34(46)47)36(4,5)29(37)13-18-39(30,8)38(27,7)19-20-40/h26-31H,9-24H2,1-8H3,(H,41,44)(H,46,47)/t26-,27-,28-,29?,30?,31+,37+,38-,39-,40-/m1/s1. The van der Waals surface area contributed by atoms with Crippen molar-refractivity contribution in [3.05, 3.63) is 0 Å². The van der Waals surface area contributed by atoms with Crippen LogP contribution in [0.3, 0.4) is 0 Å². The van der Waals surface area contributed by atoms with Crippen LogP contribution in [0.15, 0.2) is 0 Å². The molecule has 10 atom stereocenters. The second-order valence-electron chi connectivity index (χ2n) is 19.4. The maximum atomic E-state index is 13.6. The zero-order chi connectivity index (χ0) is 35.1. The first-order chi connectivity index (χ1) is 22.3. The van der Waals surface area contributed by atoms with Gasteiger partial charge in [0.15, 0.2) is 0 Å². The molecule has 8 nitrogen and oxygen atoms in total. The Morgan fingerprint density at radius 3 is 2.23 bits per heavy atom. The zero-order valence-electron chi connectivity index (χ0n) is 31.2. The highest BCUT2D eigenvalue weighted by Crippen LogP contribution is 2.77. The van der Waals surface area contributed by atoms with Gasteiger partial charge in [0.2, 0.25) is 11.8 Å². The average molecular weight is 669 g/mol. The van der Waals surface area contributed by atoms with E-state index in [2.05, 4.69) is 39.9 Å². The van der Waals surface area contributed by atoms with Crippen molar-refractivity contribution >= 4 is 23.8 Å². The lowest BCUT2D eigenvalue weighted by molar-refractivity contribution is -0.248. The minimum Gasteiger partial charge on any atom is -0.481 e. The summed E-state index contributed by atoms with van der Waals surface area (Å²) in [7, 11) is 0. The van der Waals surface area contributed by atoms with Crippen LogP contribution in [0, 0.1) is 56.2 Å². The summed E-state index contributed by atoms with van der Waals surface area (Å²) in [4.78, 5) is 52.0. The molecule has 2 N–H and O–H groups in total. The van der Waals surface area contributed by atoms with Gasteiger partial charge in [-0.25, -0.2) is 0 Å². The summed E-state index contributed by atoms with van der Waals surface area (Å²) >= 11 is 0. The van der Waals surface area contributed by atoms with Crippen LogP contribution in [0.5, 0.6) is 0 Å². The van der Waals surface area contributed by atoms with Crippen molar-refractivity contribution in [2.75, 3.05) is 13.1 Å². The molecule has 0 spiro atoms. The molecule has 8 heteroatoms. The van der Waals surface area contributed by atoms with E-state index in [1.165, 1.54) is 44.9 Å². The highest BCUT2D eigenvalue weighted by atomic mass is 16.5. The molecule has 6 rings (SSSR count). The predicted octanol–water partition coefficient (Wildman–Crippen LogP) is 7.38. The molecule has 2 amide bonds. The third-order valence-electron chi connectivity index (χ3n) is 16.4. The molecule has 1 heterocycles. The fraction of sp³-hybridized carbons (Fsp3) is 0.900. The molecule has 1 aliphatic heterocycles. The van der Waals surface area contributed by atoms with E-state index < -0.39 is 17.4 Å². The fourth-order valence-electron chi connectivity index (χ4n) is 13.6. The Morgan fingerprint density at radius 2 is 1.56 bits per heavy atom. The summed E-state index contributed by atoms with van der Waals surface area (Å²) in [5.74, 6) is 1.21. The van der Waals surface area contributed by atoms with E-state index in [-0.39, 0.29) is 57.5 Å². The third kappa shape index (κ3) is 5.52. The van der Waals surface area contributed by atoms with Crippen LogP contribution in [0.25, 0.3) is 0 Å². The normalized spacial score (nSPS) is 43.3. The number of carbonyl (C=O) groups is 4. The molecule has 0 aromatic heterocycles. The van der Waals surface area contributed by atoms with Gasteiger partial charge in [-0.3, -0.25) is 19.2 Å². The van der Waals surface area contributed by atoms with Crippen molar-refractivity contribution in [3.63, 3.8) is 0 Å². The summed E-state index contributed by atoms with van der Waals surface area (Å²) in [5.41, 5.74) is -0.592. The Bertz CT molecular complexity index is 1330. The Morgan fingerprint density at radius 1 is 0.833 bits per heavy atom. The minimum atomic E-state index is -1.14. The Kier molecular flexibility index (Phi) is 8.92. The van der Waals surface area contributed by atoms with Crippen LogP contribution in [0.2, 0.25) is 0 Å². The molecule has 270 valence electrons. The van der Waals surface area contributed by atoms with Gasteiger partial charge in [0, 0.05) is 37.9 Å². The van der Waals surface area contributed by atoms with Crippen molar-refractivity contribution in [3.8, 4) is 0 Å². The van der Waals surface area contributed by atoms with E-state index in [1.807, 2.05) is 4.90 Å². The predicted molar refractivity (Wildman–Crippen MR) is 185 cm³/mol. The highest BCUT2D eigenvalue weighted by Gasteiger charge is 2.70. The molecule has 48 heavy (non-hydrogen) atoms. The van der Waals surface area contributed by atoms with Gasteiger partial charge in [-0.15, -0.1) is 0 Å². The van der Waals surface area contributed by atoms with E-state index in [4.69, 9.17) is 4.74 Å². The SMILES string of the molecule is CC(=O)N1CC[C@@H](NC(=O)C[C@]23CCC[C@@H]2[C@H]2CCC4[C@@]5(C)CC[C@H](OC(=O)CC(C)(C)C(=O)O)C(C)(C)C5CC[C@@]4(C)[C@]2(C)CC3)C1. The van der Waals surface area contributed by atoms with Crippen LogP contribution in [-0.4, -0.2) is 59.0 Å². The van der Waals surface area contributed by atoms with Crippen LogP contribution in [-0.2, 0) is 23.9 Å². The van der Waals surface area contributed by atoms with Crippen molar-refractivity contribution in [2.45, 2.75) is 157 Å². The Labute approximate surface area is 289 Å². The monoisotopic (exact) mass is 668 g/mol. The van der Waals surface area contributed by atoms with E-state index in [9.17, 15) is 24.3 Å². The molecule has 5 aliphatic carbocycles. The lowest BCUT2D eigenvalue weighted by Crippen LogP contribution is -2.66. The molecule has 6 aliphatic rings. The van der Waals surface area contributed by atoms with Crippen LogP contribution in [0.4, 0.5) is 0 Å². The summed E-state index contributed by atoms with van der Waals surface area (Å²) in [6, 6.07) is 0.0798. The van der Waals surface area contributed by atoms with Gasteiger partial charge in [0.05, 0.1) is 11.8 Å². The highest BCUT2D eigenvalue weighted by molar-refractivity contribution is 5.81.